The molecule has 0 heterocycles. The van der Waals surface area contributed by atoms with Crippen LogP contribution in [0, 0.1) is 5.92 Å². The number of benzene rings is 1. The van der Waals surface area contributed by atoms with Gasteiger partial charge in [-0.3, -0.25) is 0 Å². The molecule has 5 nitrogen and oxygen atoms in total. The van der Waals surface area contributed by atoms with Gasteiger partial charge in [0.25, 0.3) is 0 Å². The standard InChI is InChI=1S/C17H27N3O2/c1-4-18-17(19-10-9-13-5-6-13)20-12-14-7-8-15(21-2)16(11-14)22-3/h7-8,11,13H,4-6,9-10,12H2,1-3H3,(H2,18,19,20). The van der Waals surface area contributed by atoms with E-state index in [1.165, 1.54) is 19.3 Å². The van der Waals surface area contributed by atoms with Crippen molar-refractivity contribution in [3.63, 3.8) is 0 Å². The lowest BCUT2D eigenvalue weighted by Crippen LogP contribution is -2.37. The number of hydrogen-bond donors (Lipinski definition) is 2. The fraction of sp³-hybridized carbons (Fsp3) is 0.588. The van der Waals surface area contributed by atoms with Gasteiger partial charge in [0, 0.05) is 13.1 Å². The smallest absolute Gasteiger partial charge is 0.191 e. The van der Waals surface area contributed by atoms with Crippen molar-refractivity contribution in [1.29, 1.82) is 0 Å². The molecule has 1 aliphatic rings. The van der Waals surface area contributed by atoms with E-state index in [4.69, 9.17) is 9.47 Å². The van der Waals surface area contributed by atoms with Gasteiger partial charge in [0.15, 0.2) is 17.5 Å². The lowest BCUT2D eigenvalue weighted by molar-refractivity contribution is 0.354. The van der Waals surface area contributed by atoms with Crippen molar-refractivity contribution in [3.8, 4) is 11.5 Å². The minimum absolute atomic E-state index is 0.610. The van der Waals surface area contributed by atoms with E-state index in [-0.39, 0.29) is 0 Å². The second-order valence-corrected chi connectivity index (χ2v) is 5.54. The van der Waals surface area contributed by atoms with Crippen molar-refractivity contribution >= 4 is 5.96 Å². The fourth-order valence-corrected chi connectivity index (χ4v) is 2.29. The van der Waals surface area contributed by atoms with Gasteiger partial charge in [-0.15, -0.1) is 0 Å². The van der Waals surface area contributed by atoms with Gasteiger partial charge in [0.05, 0.1) is 20.8 Å². The first-order valence-electron chi connectivity index (χ1n) is 8.00. The van der Waals surface area contributed by atoms with Crippen LogP contribution in [0.3, 0.4) is 0 Å². The van der Waals surface area contributed by atoms with Crippen molar-refractivity contribution in [1.82, 2.24) is 10.6 Å². The fourth-order valence-electron chi connectivity index (χ4n) is 2.29. The third-order valence-corrected chi connectivity index (χ3v) is 3.75. The van der Waals surface area contributed by atoms with Crippen molar-refractivity contribution < 1.29 is 9.47 Å². The lowest BCUT2D eigenvalue weighted by atomic mass is 10.2. The number of nitrogens with zero attached hydrogens (tertiary/aromatic N) is 1. The molecule has 0 spiro atoms. The normalized spacial score (nSPS) is 14.6. The molecule has 0 radical (unpaired) electrons. The molecule has 1 fully saturated rings. The van der Waals surface area contributed by atoms with Gasteiger partial charge in [-0.2, -0.15) is 0 Å². The molecule has 2 rings (SSSR count). The second-order valence-electron chi connectivity index (χ2n) is 5.54. The summed E-state index contributed by atoms with van der Waals surface area (Å²) in [6.07, 6.45) is 4.02. The van der Waals surface area contributed by atoms with E-state index in [0.717, 1.165) is 42.0 Å². The minimum atomic E-state index is 0.610. The third-order valence-electron chi connectivity index (χ3n) is 3.75. The number of nitrogens with one attached hydrogen (secondary N) is 2. The predicted octanol–water partition coefficient (Wildman–Crippen LogP) is 2.56. The first-order valence-corrected chi connectivity index (χ1v) is 8.00. The SMILES string of the molecule is CCNC(=NCc1ccc(OC)c(OC)c1)NCCC1CC1. The summed E-state index contributed by atoms with van der Waals surface area (Å²) in [5.74, 6) is 3.28. The monoisotopic (exact) mass is 305 g/mol. The second kappa shape index (κ2) is 8.51. The summed E-state index contributed by atoms with van der Waals surface area (Å²) in [7, 11) is 3.29. The minimum Gasteiger partial charge on any atom is -0.493 e. The van der Waals surface area contributed by atoms with Crippen LogP contribution < -0.4 is 20.1 Å². The summed E-state index contributed by atoms with van der Waals surface area (Å²) in [5.41, 5.74) is 1.09. The maximum absolute atomic E-state index is 5.32. The molecule has 0 amide bonds. The van der Waals surface area contributed by atoms with Gasteiger partial charge in [-0.25, -0.2) is 4.99 Å². The number of rotatable bonds is 8. The molecule has 0 unspecified atom stereocenters. The van der Waals surface area contributed by atoms with Crippen LogP contribution in [0.25, 0.3) is 0 Å². The molecule has 0 aliphatic heterocycles. The molecule has 1 aromatic carbocycles. The van der Waals surface area contributed by atoms with Crippen LogP contribution in [0.4, 0.5) is 0 Å². The largest absolute Gasteiger partial charge is 0.493 e. The van der Waals surface area contributed by atoms with Crippen LogP contribution in [0.1, 0.15) is 31.7 Å². The van der Waals surface area contributed by atoms with Crippen LogP contribution >= 0.6 is 0 Å². The average molecular weight is 305 g/mol. The van der Waals surface area contributed by atoms with E-state index in [0.29, 0.717) is 6.54 Å². The summed E-state index contributed by atoms with van der Waals surface area (Å²) in [6, 6.07) is 5.89. The van der Waals surface area contributed by atoms with Gasteiger partial charge in [0.1, 0.15) is 0 Å². The highest BCUT2D eigenvalue weighted by atomic mass is 16.5. The van der Waals surface area contributed by atoms with E-state index in [1.807, 2.05) is 18.2 Å². The first-order chi connectivity index (χ1) is 10.8. The number of methoxy groups -OCH3 is 2. The van der Waals surface area contributed by atoms with Crippen molar-refractivity contribution in [2.24, 2.45) is 10.9 Å². The molecule has 122 valence electrons. The predicted molar refractivity (Wildman–Crippen MR) is 89.7 cm³/mol. The molecular formula is C17H27N3O2. The maximum atomic E-state index is 5.32. The van der Waals surface area contributed by atoms with E-state index < -0.39 is 0 Å². The van der Waals surface area contributed by atoms with Gasteiger partial charge in [-0.1, -0.05) is 18.9 Å². The highest BCUT2D eigenvalue weighted by molar-refractivity contribution is 5.79. The summed E-state index contributed by atoms with van der Waals surface area (Å²) in [5, 5.41) is 6.68. The average Bonchev–Trinajstić information content (AvgIpc) is 3.36. The summed E-state index contributed by atoms with van der Waals surface area (Å²) in [4.78, 5) is 4.63. The van der Waals surface area contributed by atoms with Crippen molar-refractivity contribution in [2.45, 2.75) is 32.7 Å². The van der Waals surface area contributed by atoms with Crippen LogP contribution in [0.2, 0.25) is 0 Å². The quantitative estimate of drug-likeness (QED) is 0.572. The summed E-state index contributed by atoms with van der Waals surface area (Å²) in [6.45, 7) is 4.54. The van der Waals surface area contributed by atoms with Crippen molar-refractivity contribution in [3.05, 3.63) is 23.8 Å². The zero-order valence-corrected chi connectivity index (χ0v) is 13.8. The van der Waals surface area contributed by atoms with Crippen LogP contribution in [0.5, 0.6) is 11.5 Å². The topological polar surface area (TPSA) is 54.9 Å². The zero-order valence-electron chi connectivity index (χ0n) is 13.8. The van der Waals surface area contributed by atoms with Crippen LogP contribution in [-0.4, -0.2) is 33.3 Å². The van der Waals surface area contributed by atoms with E-state index >= 15 is 0 Å². The van der Waals surface area contributed by atoms with Crippen LogP contribution in [0.15, 0.2) is 23.2 Å². The Balaban J connectivity index is 1.92. The number of hydrogen-bond acceptors (Lipinski definition) is 3. The lowest BCUT2D eigenvalue weighted by Gasteiger charge is -2.12. The zero-order chi connectivity index (χ0) is 15.8. The van der Waals surface area contributed by atoms with Gasteiger partial charge in [-0.05, 0) is 37.0 Å². The molecule has 2 N–H and O–H groups in total. The summed E-state index contributed by atoms with van der Waals surface area (Å²) < 4.78 is 10.6. The molecule has 1 saturated carbocycles. The Morgan fingerprint density at radius 2 is 1.95 bits per heavy atom. The first kappa shape index (κ1) is 16.5. The van der Waals surface area contributed by atoms with E-state index in [2.05, 4.69) is 22.5 Å². The maximum Gasteiger partial charge on any atom is 0.191 e. The Hall–Kier alpha value is -1.91. The molecule has 22 heavy (non-hydrogen) atoms. The molecule has 1 aromatic rings. The molecule has 0 aromatic heterocycles. The molecule has 0 bridgehead atoms. The molecular weight excluding hydrogens is 278 g/mol. The van der Waals surface area contributed by atoms with E-state index in [9.17, 15) is 0 Å². The Kier molecular flexibility index (Phi) is 6.37. The Morgan fingerprint density at radius 3 is 2.59 bits per heavy atom. The third kappa shape index (κ3) is 5.13. The van der Waals surface area contributed by atoms with Gasteiger partial charge >= 0.3 is 0 Å². The molecule has 5 heteroatoms. The Morgan fingerprint density at radius 1 is 1.18 bits per heavy atom. The number of ether oxygens (including phenoxy) is 2. The van der Waals surface area contributed by atoms with Gasteiger partial charge < -0.3 is 20.1 Å². The number of aliphatic imine (C=N–C) groups is 1. The highest BCUT2D eigenvalue weighted by Gasteiger charge is 2.20. The molecule has 0 saturated heterocycles. The highest BCUT2D eigenvalue weighted by Crippen LogP contribution is 2.31. The molecule has 1 aliphatic carbocycles. The van der Waals surface area contributed by atoms with Gasteiger partial charge in [0.2, 0.25) is 0 Å². The number of guanidine groups is 1. The Labute approximate surface area is 133 Å². The summed E-state index contributed by atoms with van der Waals surface area (Å²) >= 11 is 0. The van der Waals surface area contributed by atoms with E-state index in [1.54, 1.807) is 14.2 Å². The van der Waals surface area contributed by atoms with Crippen LogP contribution in [-0.2, 0) is 6.54 Å². The molecule has 0 atom stereocenters. The van der Waals surface area contributed by atoms with Crippen molar-refractivity contribution in [2.75, 3.05) is 27.3 Å². The Bertz CT molecular complexity index is 499.